The maximum absolute atomic E-state index is 11.5. The molecule has 2 N–H and O–H groups in total. The summed E-state index contributed by atoms with van der Waals surface area (Å²) in [5, 5.41) is 12.6. The highest BCUT2D eigenvalue weighted by atomic mass is 16.4. The third-order valence-electron chi connectivity index (χ3n) is 3.80. The third kappa shape index (κ3) is 4.25. The summed E-state index contributed by atoms with van der Waals surface area (Å²) in [5.74, 6) is -0.0225. The molecule has 1 fully saturated rings. The lowest BCUT2D eigenvalue weighted by Crippen LogP contribution is -2.59. The minimum atomic E-state index is -0.843. The van der Waals surface area contributed by atoms with Gasteiger partial charge in [-0.2, -0.15) is 0 Å². The lowest BCUT2D eigenvalue weighted by atomic mass is 9.93. The van der Waals surface area contributed by atoms with Crippen LogP contribution >= 0.6 is 0 Å². The van der Waals surface area contributed by atoms with Crippen molar-refractivity contribution in [3.05, 3.63) is 0 Å². The average Bonchev–Trinajstić information content (AvgIpc) is 2.27. The van der Waals surface area contributed by atoms with E-state index in [1.165, 1.54) is 19.3 Å². The number of carbonyl (C=O) groups is 1. The van der Waals surface area contributed by atoms with Gasteiger partial charge in [0.15, 0.2) is 0 Å². The molecule has 1 aliphatic rings. The normalized spacial score (nSPS) is 25.1. The third-order valence-corrected chi connectivity index (χ3v) is 3.80. The molecule has 0 aliphatic carbocycles. The standard InChI is InChI=1S/C14H28N2O2/c1-5-12-7-6-8-16(9-12)10-14(4,13(17)18)15-11(2)3/h11-12,15H,5-10H2,1-4H3,(H,17,18). The first-order chi connectivity index (χ1) is 8.37. The SMILES string of the molecule is CCC1CCCN(CC(C)(NC(C)C)C(=O)O)C1. The van der Waals surface area contributed by atoms with Crippen molar-refractivity contribution < 1.29 is 9.90 Å². The second-order valence-electron chi connectivity index (χ2n) is 6.09. The zero-order valence-electron chi connectivity index (χ0n) is 12.2. The van der Waals surface area contributed by atoms with Crippen molar-refractivity contribution in [1.82, 2.24) is 10.2 Å². The second kappa shape index (κ2) is 6.53. The number of aliphatic carboxylic acids is 1. The summed E-state index contributed by atoms with van der Waals surface area (Å²) in [4.78, 5) is 13.8. The summed E-state index contributed by atoms with van der Waals surface area (Å²) in [7, 11) is 0. The zero-order chi connectivity index (χ0) is 13.8. The predicted octanol–water partition coefficient (Wildman–Crippen LogP) is 1.95. The van der Waals surface area contributed by atoms with E-state index in [-0.39, 0.29) is 6.04 Å². The van der Waals surface area contributed by atoms with E-state index in [1.54, 1.807) is 6.92 Å². The van der Waals surface area contributed by atoms with Crippen LogP contribution in [0.25, 0.3) is 0 Å². The maximum atomic E-state index is 11.5. The summed E-state index contributed by atoms with van der Waals surface area (Å²) in [5.41, 5.74) is -0.843. The molecule has 0 bridgehead atoms. The van der Waals surface area contributed by atoms with Gasteiger partial charge in [0.25, 0.3) is 0 Å². The fraction of sp³-hybridized carbons (Fsp3) is 0.929. The Morgan fingerprint density at radius 1 is 1.56 bits per heavy atom. The van der Waals surface area contributed by atoms with Gasteiger partial charge in [-0.05, 0) is 46.1 Å². The Hall–Kier alpha value is -0.610. The lowest BCUT2D eigenvalue weighted by molar-refractivity contribution is -0.145. The van der Waals surface area contributed by atoms with Gasteiger partial charge in [-0.1, -0.05) is 13.3 Å². The van der Waals surface area contributed by atoms with Gasteiger partial charge >= 0.3 is 5.97 Å². The van der Waals surface area contributed by atoms with Gasteiger partial charge in [-0.3, -0.25) is 10.1 Å². The fourth-order valence-corrected chi connectivity index (χ4v) is 2.89. The molecule has 0 spiro atoms. The number of carboxylic acid groups (broad SMARTS) is 1. The Morgan fingerprint density at radius 2 is 2.22 bits per heavy atom. The van der Waals surface area contributed by atoms with Crippen molar-refractivity contribution in [2.75, 3.05) is 19.6 Å². The quantitative estimate of drug-likeness (QED) is 0.762. The Labute approximate surface area is 111 Å². The number of hydrogen-bond acceptors (Lipinski definition) is 3. The molecule has 1 saturated heterocycles. The number of rotatable bonds is 6. The second-order valence-corrected chi connectivity index (χ2v) is 6.09. The summed E-state index contributed by atoms with van der Waals surface area (Å²) in [6.07, 6.45) is 3.67. The topological polar surface area (TPSA) is 52.6 Å². The van der Waals surface area contributed by atoms with E-state index >= 15 is 0 Å². The van der Waals surface area contributed by atoms with E-state index < -0.39 is 11.5 Å². The van der Waals surface area contributed by atoms with Crippen LogP contribution in [-0.2, 0) is 4.79 Å². The smallest absolute Gasteiger partial charge is 0.324 e. The molecule has 0 aromatic carbocycles. The van der Waals surface area contributed by atoms with Crippen LogP contribution in [0.2, 0.25) is 0 Å². The largest absolute Gasteiger partial charge is 0.480 e. The van der Waals surface area contributed by atoms with Crippen LogP contribution in [0.15, 0.2) is 0 Å². The molecule has 106 valence electrons. The molecule has 0 aromatic rings. The van der Waals surface area contributed by atoms with Crippen molar-refractivity contribution in [3.63, 3.8) is 0 Å². The molecule has 0 aromatic heterocycles. The maximum Gasteiger partial charge on any atom is 0.324 e. The van der Waals surface area contributed by atoms with Gasteiger partial charge in [-0.25, -0.2) is 0 Å². The van der Waals surface area contributed by atoms with E-state index in [1.807, 2.05) is 13.8 Å². The van der Waals surface area contributed by atoms with E-state index in [9.17, 15) is 9.90 Å². The monoisotopic (exact) mass is 256 g/mol. The number of nitrogens with zero attached hydrogens (tertiary/aromatic N) is 1. The first kappa shape index (κ1) is 15.4. The Balaban J connectivity index is 2.63. The molecular formula is C14H28N2O2. The molecular weight excluding hydrogens is 228 g/mol. The predicted molar refractivity (Wildman–Crippen MR) is 73.8 cm³/mol. The number of hydrogen-bond donors (Lipinski definition) is 2. The molecule has 0 saturated carbocycles. The molecule has 2 atom stereocenters. The highest BCUT2D eigenvalue weighted by Gasteiger charge is 2.36. The van der Waals surface area contributed by atoms with Crippen molar-refractivity contribution in [1.29, 1.82) is 0 Å². The molecule has 0 radical (unpaired) electrons. The van der Waals surface area contributed by atoms with E-state index in [0.29, 0.717) is 6.54 Å². The molecule has 2 unspecified atom stereocenters. The summed E-state index contributed by atoms with van der Waals surface area (Å²) < 4.78 is 0. The first-order valence-electron chi connectivity index (χ1n) is 7.11. The van der Waals surface area contributed by atoms with Crippen LogP contribution < -0.4 is 5.32 Å². The Morgan fingerprint density at radius 3 is 2.72 bits per heavy atom. The fourth-order valence-electron chi connectivity index (χ4n) is 2.89. The van der Waals surface area contributed by atoms with Crippen LogP contribution in [-0.4, -0.2) is 47.2 Å². The van der Waals surface area contributed by atoms with Crippen LogP contribution in [0.4, 0.5) is 0 Å². The van der Waals surface area contributed by atoms with Crippen molar-refractivity contribution in [2.45, 2.75) is 58.5 Å². The van der Waals surface area contributed by atoms with Crippen molar-refractivity contribution in [3.8, 4) is 0 Å². The molecule has 0 amide bonds. The summed E-state index contributed by atoms with van der Waals surface area (Å²) >= 11 is 0. The first-order valence-corrected chi connectivity index (χ1v) is 7.11. The van der Waals surface area contributed by atoms with Gasteiger partial charge < -0.3 is 10.0 Å². The van der Waals surface area contributed by atoms with Gasteiger partial charge in [-0.15, -0.1) is 0 Å². The van der Waals surface area contributed by atoms with Crippen LogP contribution in [0.5, 0.6) is 0 Å². The number of piperidine rings is 1. The molecule has 4 heteroatoms. The molecule has 18 heavy (non-hydrogen) atoms. The lowest BCUT2D eigenvalue weighted by Gasteiger charge is -2.38. The molecule has 1 aliphatic heterocycles. The highest BCUT2D eigenvalue weighted by molar-refractivity contribution is 5.78. The van der Waals surface area contributed by atoms with Gasteiger partial charge in [0.05, 0.1) is 0 Å². The van der Waals surface area contributed by atoms with Gasteiger partial charge in [0.2, 0.25) is 0 Å². The Bertz CT molecular complexity index is 281. The van der Waals surface area contributed by atoms with E-state index in [0.717, 1.165) is 19.0 Å². The molecule has 1 heterocycles. The van der Waals surface area contributed by atoms with Crippen molar-refractivity contribution >= 4 is 5.97 Å². The van der Waals surface area contributed by atoms with Crippen LogP contribution in [0.3, 0.4) is 0 Å². The van der Waals surface area contributed by atoms with E-state index in [2.05, 4.69) is 17.1 Å². The number of carboxylic acids is 1. The highest BCUT2D eigenvalue weighted by Crippen LogP contribution is 2.21. The zero-order valence-corrected chi connectivity index (χ0v) is 12.2. The van der Waals surface area contributed by atoms with Gasteiger partial charge in [0, 0.05) is 19.1 Å². The van der Waals surface area contributed by atoms with E-state index in [4.69, 9.17) is 0 Å². The van der Waals surface area contributed by atoms with Crippen LogP contribution in [0.1, 0.15) is 47.0 Å². The minimum absolute atomic E-state index is 0.179. The summed E-state index contributed by atoms with van der Waals surface area (Å²) in [6.45, 7) is 10.7. The van der Waals surface area contributed by atoms with Crippen molar-refractivity contribution in [2.24, 2.45) is 5.92 Å². The number of nitrogens with one attached hydrogen (secondary N) is 1. The Kier molecular flexibility index (Phi) is 5.60. The van der Waals surface area contributed by atoms with Crippen LogP contribution in [0, 0.1) is 5.92 Å². The average molecular weight is 256 g/mol. The molecule has 4 nitrogen and oxygen atoms in total. The number of likely N-dealkylation sites (tertiary alicyclic amines) is 1. The summed E-state index contributed by atoms with van der Waals surface area (Å²) in [6, 6.07) is 0.179. The minimum Gasteiger partial charge on any atom is -0.480 e. The molecule has 1 rings (SSSR count). The van der Waals surface area contributed by atoms with Gasteiger partial charge in [0.1, 0.15) is 5.54 Å².